The van der Waals surface area contributed by atoms with Gasteiger partial charge in [-0.1, -0.05) is 18.9 Å². The number of hydrogen-bond acceptors (Lipinski definition) is 4. The zero-order chi connectivity index (χ0) is 19.1. The van der Waals surface area contributed by atoms with Crippen LogP contribution in [0.2, 0.25) is 0 Å². The van der Waals surface area contributed by atoms with Crippen molar-refractivity contribution in [3.05, 3.63) is 34.2 Å². The van der Waals surface area contributed by atoms with Gasteiger partial charge in [-0.3, -0.25) is 19.0 Å². The monoisotopic (exact) mass is 373 g/mol. The van der Waals surface area contributed by atoms with E-state index in [4.69, 9.17) is 0 Å². The Morgan fingerprint density at radius 3 is 2.70 bits per heavy atom. The lowest BCUT2D eigenvalue weighted by Crippen LogP contribution is -2.56. The van der Waals surface area contributed by atoms with Crippen LogP contribution in [0.1, 0.15) is 56.7 Å². The lowest BCUT2D eigenvalue weighted by molar-refractivity contribution is -0.136. The first-order valence-electron chi connectivity index (χ1n) is 9.91. The molecular weight excluding hydrogens is 346 g/mol. The molecule has 2 fully saturated rings. The minimum atomic E-state index is -0.638. The van der Waals surface area contributed by atoms with E-state index in [0.29, 0.717) is 19.5 Å². The van der Waals surface area contributed by atoms with Crippen molar-refractivity contribution in [3.63, 3.8) is 0 Å². The van der Waals surface area contributed by atoms with Gasteiger partial charge >= 0.3 is 0 Å². The van der Waals surface area contributed by atoms with Crippen molar-refractivity contribution in [2.45, 2.75) is 63.1 Å². The Bertz CT molecular complexity index is 805. The van der Waals surface area contributed by atoms with Crippen molar-refractivity contribution >= 4 is 11.8 Å². The summed E-state index contributed by atoms with van der Waals surface area (Å²) < 4.78 is 1.63. The van der Waals surface area contributed by atoms with E-state index in [-0.39, 0.29) is 35.3 Å². The number of piperidine rings is 1. The molecule has 2 amide bonds. The third kappa shape index (κ3) is 3.29. The second-order valence-electron chi connectivity index (χ2n) is 8.19. The lowest BCUT2D eigenvalue weighted by Gasteiger charge is -2.46. The molecule has 3 aliphatic rings. The van der Waals surface area contributed by atoms with E-state index in [0.717, 1.165) is 31.4 Å². The molecule has 0 spiro atoms. The third-order valence-corrected chi connectivity index (χ3v) is 6.42. The molecule has 0 aromatic carbocycles. The first-order chi connectivity index (χ1) is 13.0. The van der Waals surface area contributed by atoms with Crippen molar-refractivity contribution in [1.29, 1.82) is 0 Å². The van der Waals surface area contributed by atoms with Gasteiger partial charge in [0, 0.05) is 43.6 Å². The van der Waals surface area contributed by atoms with E-state index >= 15 is 0 Å². The van der Waals surface area contributed by atoms with E-state index in [2.05, 4.69) is 5.32 Å². The van der Waals surface area contributed by atoms with Gasteiger partial charge in [-0.05, 0) is 25.3 Å². The Hall–Kier alpha value is -2.15. The van der Waals surface area contributed by atoms with Crippen molar-refractivity contribution in [2.75, 3.05) is 13.1 Å². The zero-order valence-corrected chi connectivity index (χ0v) is 15.6. The van der Waals surface area contributed by atoms with Gasteiger partial charge in [0.15, 0.2) is 0 Å². The highest BCUT2D eigenvalue weighted by molar-refractivity contribution is 5.82. The molecule has 7 heteroatoms. The number of carbonyl (C=O) groups is 2. The number of nitrogens with zero attached hydrogens (tertiary/aromatic N) is 2. The number of aliphatic hydroxyl groups is 1. The Balaban J connectivity index is 1.68. The van der Waals surface area contributed by atoms with Crippen molar-refractivity contribution in [1.82, 2.24) is 14.8 Å². The average molecular weight is 373 g/mol. The molecule has 2 bridgehead atoms. The van der Waals surface area contributed by atoms with Crippen LogP contribution in [0.3, 0.4) is 0 Å². The molecule has 0 radical (unpaired) electrons. The predicted molar refractivity (Wildman–Crippen MR) is 99.2 cm³/mol. The van der Waals surface area contributed by atoms with Crippen LogP contribution < -0.4 is 10.9 Å². The fraction of sp³-hybridized carbons (Fsp3) is 0.650. The van der Waals surface area contributed by atoms with Crippen molar-refractivity contribution < 1.29 is 14.7 Å². The number of likely N-dealkylation sites (tertiary alicyclic amines) is 1. The van der Waals surface area contributed by atoms with E-state index in [1.165, 1.54) is 6.07 Å². The van der Waals surface area contributed by atoms with Crippen LogP contribution in [0.4, 0.5) is 0 Å². The number of hydrogen-bond donors (Lipinski definition) is 2. The molecule has 1 saturated carbocycles. The van der Waals surface area contributed by atoms with Gasteiger partial charge in [-0.25, -0.2) is 0 Å². The molecule has 2 N–H and O–H groups in total. The summed E-state index contributed by atoms with van der Waals surface area (Å²) in [4.78, 5) is 39.6. The molecule has 1 aromatic heterocycles. The quantitative estimate of drug-likeness (QED) is 0.801. The Morgan fingerprint density at radius 2 is 1.96 bits per heavy atom. The number of nitrogens with one attached hydrogen (secondary N) is 1. The first-order valence-corrected chi connectivity index (χ1v) is 9.91. The third-order valence-electron chi connectivity index (χ3n) is 6.42. The summed E-state index contributed by atoms with van der Waals surface area (Å²) >= 11 is 0. The number of rotatable bonds is 2. The second-order valence-corrected chi connectivity index (χ2v) is 8.19. The van der Waals surface area contributed by atoms with E-state index in [1.54, 1.807) is 22.5 Å². The van der Waals surface area contributed by atoms with Crippen molar-refractivity contribution in [3.8, 4) is 0 Å². The number of amides is 2. The lowest BCUT2D eigenvalue weighted by atomic mass is 9.78. The maximum Gasteiger partial charge on any atom is 0.251 e. The number of aliphatic hydroxyl groups excluding tert-OH is 1. The molecular formula is C20H27N3O4. The van der Waals surface area contributed by atoms with E-state index in [9.17, 15) is 19.5 Å². The summed E-state index contributed by atoms with van der Waals surface area (Å²) in [6.45, 7) is 2.62. The molecule has 2 aliphatic heterocycles. The summed E-state index contributed by atoms with van der Waals surface area (Å²) in [5.74, 6) is -0.241. The van der Waals surface area contributed by atoms with Gasteiger partial charge in [-0.15, -0.1) is 0 Å². The molecule has 7 nitrogen and oxygen atoms in total. The Morgan fingerprint density at radius 1 is 1.19 bits per heavy atom. The van der Waals surface area contributed by atoms with Crippen LogP contribution in [-0.2, 0) is 9.59 Å². The highest BCUT2D eigenvalue weighted by atomic mass is 16.3. The topological polar surface area (TPSA) is 91.6 Å². The van der Waals surface area contributed by atoms with Crippen LogP contribution in [0.25, 0.3) is 0 Å². The zero-order valence-electron chi connectivity index (χ0n) is 15.6. The fourth-order valence-electron chi connectivity index (χ4n) is 5.08. The molecule has 146 valence electrons. The predicted octanol–water partition coefficient (Wildman–Crippen LogP) is 0.775. The van der Waals surface area contributed by atoms with Crippen LogP contribution >= 0.6 is 0 Å². The fourth-order valence-corrected chi connectivity index (χ4v) is 5.08. The summed E-state index contributed by atoms with van der Waals surface area (Å²) in [6.07, 6.45) is 3.65. The van der Waals surface area contributed by atoms with Crippen LogP contribution in [-0.4, -0.2) is 51.6 Å². The van der Waals surface area contributed by atoms with Crippen LogP contribution in [0, 0.1) is 5.92 Å². The Labute approximate surface area is 158 Å². The maximum absolute atomic E-state index is 13.2. The normalized spacial score (nSPS) is 32.5. The highest BCUT2D eigenvalue weighted by Crippen LogP contribution is 2.41. The summed E-state index contributed by atoms with van der Waals surface area (Å²) in [5.41, 5.74) is 0.650. The first kappa shape index (κ1) is 18.2. The Kier molecular flexibility index (Phi) is 4.80. The SMILES string of the molecule is CC(=O)N1C[C@H]2C[C@@H](C1)[C@H](C(=O)N[C@@H]1CCCC[C@H]1O)n1c2cccc1=O. The van der Waals surface area contributed by atoms with Crippen LogP contribution in [0.5, 0.6) is 0 Å². The van der Waals surface area contributed by atoms with Gasteiger partial charge in [-0.2, -0.15) is 0 Å². The molecule has 1 saturated heterocycles. The molecule has 1 aliphatic carbocycles. The summed E-state index contributed by atoms with van der Waals surface area (Å²) in [6, 6.07) is 4.20. The number of pyridine rings is 1. The van der Waals surface area contributed by atoms with Crippen molar-refractivity contribution in [2.24, 2.45) is 5.92 Å². The molecule has 1 aromatic rings. The number of carbonyl (C=O) groups excluding carboxylic acids is 2. The minimum absolute atomic E-state index is 0.00158. The smallest absolute Gasteiger partial charge is 0.251 e. The number of aromatic nitrogens is 1. The molecule has 27 heavy (non-hydrogen) atoms. The average Bonchev–Trinajstić information content (AvgIpc) is 2.64. The van der Waals surface area contributed by atoms with Gasteiger partial charge in [0.2, 0.25) is 11.8 Å². The van der Waals surface area contributed by atoms with Gasteiger partial charge in [0.1, 0.15) is 6.04 Å². The van der Waals surface area contributed by atoms with Gasteiger partial charge in [0.05, 0.1) is 12.1 Å². The van der Waals surface area contributed by atoms with Crippen LogP contribution in [0.15, 0.2) is 23.0 Å². The maximum atomic E-state index is 13.2. The molecule has 5 atom stereocenters. The molecule has 3 heterocycles. The summed E-state index contributed by atoms with van der Waals surface area (Å²) in [5, 5.41) is 13.2. The molecule has 0 unspecified atom stereocenters. The number of fused-ring (bicyclic) bond motifs is 4. The van der Waals surface area contributed by atoms with E-state index in [1.807, 2.05) is 6.07 Å². The van der Waals surface area contributed by atoms with E-state index < -0.39 is 12.1 Å². The second kappa shape index (κ2) is 7.11. The van der Waals surface area contributed by atoms with Gasteiger partial charge < -0.3 is 15.3 Å². The summed E-state index contributed by atoms with van der Waals surface area (Å²) in [7, 11) is 0. The molecule has 4 rings (SSSR count). The highest BCUT2D eigenvalue weighted by Gasteiger charge is 2.44. The standard InChI is InChI=1S/C20H27N3O4/c1-12(24)22-10-13-9-14(11-22)19(23-16(13)6-4-8-18(23)26)20(27)21-15-5-2-3-7-17(15)25/h4,6,8,13-15,17,19,25H,2-3,5,7,9-11H2,1H3,(H,21,27)/t13-,14+,15-,17-,19-/m1/s1. The largest absolute Gasteiger partial charge is 0.391 e. The van der Waals surface area contributed by atoms with Gasteiger partial charge in [0.25, 0.3) is 5.56 Å². The minimum Gasteiger partial charge on any atom is -0.391 e.